The van der Waals surface area contributed by atoms with Crippen molar-refractivity contribution in [2.45, 2.75) is 25.4 Å². The zero-order chi connectivity index (χ0) is 13.0. The summed E-state index contributed by atoms with van der Waals surface area (Å²) in [6.07, 6.45) is 1.27. The highest BCUT2D eigenvalue weighted by Gasteiger charge is 2.30. The van der Waals surface area contributed by atoms with Gasteiger partial charge in [-0.2, -0.15) is 13.2 Å². The quantitative estimate of drug-likeness (QED) is 0.887. The molecule has 1 aromatic carbocycles. The van der Waals surface area contributed by atoms with Crippen LogP contribution in [0.25, 0.3) is 0 Å². The van der Waals surface area contributed by atoms with E-state index < -0.39 is 11.7 Å². The minimum absolute atomic E-state index is 0.582. The lowest BCUT2D eigenvalue weighted by Crippen LogP contribution is -2.05. The van der Waals surface area contributed by atoms with Crippen LogP contribution in [0.3, 0.4) is 0 Å². The molecule has 0 atom stereocenters. The number of benzene rings is 1. The molecule has 0 spiro atoms. The van der Waals surface area contributed by atoms with Gasteiger partial charge in [0.05, 0.1) is 11.9 Å². The van der Waals surface area contributed by atoms with Crippen LogP contribution in [0.2, 0.25) is 0 Å². The summed E-state index contributed by atoms with van der Waals surface area (Å²) in [5, 5.41) is 0. The third kappa shape index (κ3) is 3.35. The lowest BCUT2D eigenvalue weighted by Gasteiger charge is -2.08. The molecule has 0 radical (unpaired) electrons. The van der Waals surface area contributed by atoms with E-state index in [4.69, 9.17) is 0 Å². The van der Waals surface area contributed by atoms with Crippen molar-refractivity contribution in [2.75, 3.05) is 0 Å². The van der Waals surface area contributed by atoms with Crippen LogP contribution in [-0.2, 0) is 19.0 Å². The molecule has 2 rings (SSSR count). The highest BCUT2D eigenvalue weighted by atomic mass is 19.4. The number of alkyl halides is 3. The predicted molar refractivity (Wildman–Crippen MR) is 62.1 cm³/mol. The smallest absolute Gasteiger partial charge is 0.348 e. The van der Waals surface area contributed by atoms with Crippen molar-refractivity contribution >= 4 is 0 Å². The van der Waals surface area contributed by atoms with Crippen LogP contribution in [0.5, 0.6) is 0 Å². The van der Waals surface area contributed by atoms with Gasteiger partial charge in [-0.15, -0.1) is 0 Å². The van der Waals surface area contributed by atoms with Crippen LogP contribution in [0.1, 0.15) is 23.2 Å². The molecule has 1 N–H and O–H groups in total. The van der Waals surface area contributed by atoms with Crippen LogP contribution in [0.4, 0.5) is 13.2 Å². The van der Waals surface area contributed by atoms with Gasteiger partial charge in [0.15, 0.2) is 0 Å². The molecule has 0 bridgehead atoms. The number of imidazole rings is 1. The van der Waals surface area contributed by atoms with Crippen molar-refractivity contribution < 1.29 is 13.2 Å². The van der Waals surface area contributed by atoms with E-state index in [1.807, 2.05) is 0 Å². The van der Waals surface area contributed by atoms with Gasteiger partial charge >= 0.3 is 6.18 Å². The first-order chi connectivity index (χ1) is 8.55. The van der Waals surface area contributed by atoms with Crippen molar-refractivity contribution in [2.24, 2.45) is 0 Å². The molecule has 1 heterocycles. The molecular weight excluding hydrogens is 241 g/mol. The van der Waals surface area contributed by atoms with Gasteiger partial charge in [-0.05, 0) is 30.9 Å². The largest absolute Gasteiger partial charge is 0.416 e. The number of rotatable bonds is 4. The van der Waals surface area contributed by atoms with E-state index in [0.29, 0.717) is 12.0 Å². The predicted octanol–water partition coefficient (Wildman–Crippen LogP) is 3.60. The first-order valence-corrected chi connectivity index (χ1v) is 5.69. The summed E-state index contributed by atoms with van der Waals surface area (Å²) in [5.74, 6) is 0. The van der Waals surface area contributed by atoms with Gasteiger partial charge in [-0.3, -0.25) is 0 Å². The molecule has 0 aliphatic carbocycles. The zero-order valence-corrected chi connectivity index (χ0v) is 9.67. The maximum Gasteiger partial charge on any atom is 0.416 e. The summed E-state index contributed by atoms with van der Waals surface area (Å²) in [5.41, 5.74) is 1.13. The number of H-pyrrole nitrogens is 1. The first-order valence-electron chi connectivity index (χ1n) is 5.69. The topological polar surface area (TPSA) is 28.7 Å². The number of halogens is 3. The zero-order valence-electron chi connectivity index (χ0n) is 9.67. The Morgan fingerprint density at radius 1 is 1.17 bits per heavy atom. The summed E-state index contributed by atoms with van der Waals surface area (Å²) in [4.78, 5) is 6.86. The molecule has 18 heavy (non-hydrogen) atoms. The van der Waals surface area contributed by atoms with Crippen LogP contribution in [0.15, 0.2) is 36.8 Å². The Balaban J connectivity index is 1.93. The number of aromatic nitrogens is 2. The first kappa shape index (κ1) is 12.7. The van der Waals surface area contributed by atoms with Gasteiger partial charge in [-0.25, -0.2) is 4.98 Å². The van der Waals surface area contributed by atoms with E-state index in [1.54, 1.807) is 18.6 Å². The molecule has 5 heteroatoms. The Kier molecular flexibility index (Phi) is 3.69. The van der Waals surface area contributed by atoms with Gasteiger partial charge in [-0.1, -0.05) is 18.2 Å². The Hall–Kier alpha value is -1.78. The second-order valence-electron chi connectivity index (χ2n) is 4.13. The van der Waals surface area contributed by atoms with E-state index in [9.17, 15) is 13.2 Å². The van der Waals surface area contributed by atoms with Crippen molar-refractivity contribution in [1.82, 2.24) is 9.97 Å². The Labute approximate surface area is 103 Å². The highest BCUT2D eigenvalue weighted by Crippen LogP contribution is 2.29. The summed E-state index contributed by atoms with van der Waals surface area (Å²) in [7, 11) is 0. The van der Waals surface area contributed by atoms with Crippen LogP contribution in [0, 0.1) is 0 Å². The van der Waals surface area contributed by atoms with E-state index in [2.05, 4.69) is 9.97 Å². The fraction of sp³-hybridized carbons (Fsp3) is 0.308. The average Bonchev–Trinajstić information content (AvgIpc) is 2.81. The maximum atomic E-state index is 12.5. The average molecular weight is 254 g/mol. The highest BCUT2D eigenvalue weighted by molar-refractivity contribution is 5.25. The molecule has 0 fully saturated rings. The Morgan fingerprint density at radius 3 is 2.67 bits per heavy atom. The third-order valence-corrected chi connectivity index (χ3v) is 2.72. The minimum atomic E-state index is -4.26. The monoisotopic (exact) mass is 254 g/mol. The fourth-order valence-corrected chi connectivity index (χ4v) is 1.81. The lowest BCUT2D eigenvalue weighted by atomic mass is 10.0. The van der Waals surface area contributed by atoms with Crippen molar-refractivity contribution in [3.63, 3.8) is 0 Å². The van der Waals surface area contributed by atoms with Gasteiger partial charge in [0, 0.05) is 11.9 Å². The number of aromatic amines is 1. The molecule has 0 aliphatic rings. The standard InChI is InChI=1S/C13H13F3N2/c14-13(15,16)11-5-1-3-10(7-11)4-2-6-12-8-17-9-18-12/h1,3,5,7-9H,2,4,6H2,(H,17,18). The summed E-state index contributed by atoms with van der Waals surface area (Å²) >= 11 is 0. The van der Waals surface area contributed by atoms with Crippen LogP contribution < -0.4 is 0 Å². The van der Waals surface area contributed by atoms with Crippen LogP contribution in [-0.4, -0.2) is 9.97 Å². The van der Waals surface area contributed by atoms with Crippen molar-refractivity contribution in [3.8, 4) is 0 Å². The summed E-state index contributed by atoms with van der Waals surface area (Å²) in [6.45, 7) is 0. The lowest BCUT2D eigenvalue weighted by molar-refractivity contribution is -0.137. The molecule has 0 saturated carbocycles. The summed E-state index contributed by atoms with van der Waals surface area (Å²) < 4.78 is 37.5. The normalized spacial score (nSPS) is 11.7. The molecule has 2 aromatic rings. The molecule has 0 amide bonds. The Morgan fingerprint density at radius 2 is 2.00 bits per heavy atom. The third-order valence-electron chi connectivity index (χ3n) is 2.72. The summed E-state index contributed by atoms with van der Waals surface area (Å²) in [6, 6.07) is 5.49. The molecule has 96 valence electrons. The molecule has 0 aliphatic heterocycles. The number of nitrogens with one attached hydrogen (secondary N) is 1. The second kappa shape index (κ2) is 5.25. The Bertz CT molecular complexity index is 489. The molecule has 2 nitrogen and oxygen atoms in total. The minimum Gasteiger partial charge on any atom is -0.348 e. The van der Waals surface area contributed by atoms with E-state index in [-0.39, 0.29) is 0 Å². The SMILES string of the molecule is FC(F)(F)c1cccc(CCCc2cnc[nH]2)c1. The maximum absolute atomic E-state index is 12.5. The van der Waals surface area contributed by atoms with Crippen molar-refractivity contribution in [3.05, 3.63) is 53.6 Å². The number of hydrogen-bond donors (Lipinski definition) is 1. The number of hydrogen-bond acceptors (Lipinski definition) is 1. The van der Waals surface area contributed by atoms with Gasteiger partial charge < -0.3 is 4.98 Å². The molecular formula is C13H13F3N2. The van der Waals surface area contributed by atoms with E-state index in [1.165, 1.54) is 12.1 Å². The fourth-order valence-electron chi connectivity index (χ4n) is 1.81. The van der Waals surface area contributed by atoms with Gasteiger partial charge in [0.2, 0.25) is 0 Å². The van der Waals surface area contributed by atoms with E-state index in [0.717, 1.165) is 24.6 Å². The van der Waals surface area contributed by atoms with Crippen LogP contribution >= 0.6 is 0 Å². The van der Waals surface area contributed by atoms with Gasteiger partial charge in [0.1, 0.15) is 0 Å². The second-order valence-corrected chi connectivity index (χ2v) is 4.13. The number of aryl methyl sites for hydroxylation is 2. The molecule has 0 unspecified atom stereocenters. The van der Waals surface area contributed by atoms with E-state index >= 15 is 0 Å². The number of nitrogens with zero attached hydrogens (tertiary/aromatic N) is 1. The molecule has 1 aromatic heterocycles. The molecule has 0 saturated heterocycles. The van der Waals surface area contributed by atoms with Crippen molar-refractivity contribution in [1.29, 1.82) is 0 Å². The van der Waals surface area contributed by atoms with Gasteiger partial charge in [0.25, 0.3) is 0 Å².